The Balaban J connectivity index is 0.000000217. The number of hydrogen-bond acceptors (Lipinski definition) is 8. The van der Waals surface area contributed by atoms with Crippen LogP contribution in [0.25, 0.3) is 0 Å². The molecule has 3 N–H and O–H groups in total. The maximum atomic E-state index is 13.0. The van der Waals surface area contributed by atoms with Crippen molar-refractivity contribution in [3.8, 4) is 23.0 Å². The summed E-state index contributed by atoms with van der Waals surface area (Å²) >= 11 is 0. The van der Waals surface area contributed by atoms with Gasteiger partial charge in [-0.3, -0.25) is 14.4 Å². The fraction of sp³-hybridized carbons (Fsp3) is 0.595. The van der Waals surface area contributed by atoms with E-state index >= 15 is 0 Å². The number of nitrogens with zero attached hydrogens (tertiary/aromatic N) is 2. The van der Waals surface area contributed by atoms with Crippen molar-refractivity contribution in [2.24, 2.45) is 22.5 Å². The first-order valence-corrected chi connectivity index (χ1v) is 17.1. The maximum Gasteiger partial charge on any atom is 0.306 e. The SMILES string of the molecule is COc1ccc(CN2CC[C@]3(CCC[C@H](C(=O)O)C3)C2=O)c(OC)c1.COc1ccc(CN2CC[C@]3(CCC[C@H](N)C3)C2=O)c(OC)c1.Cl. The van der Waals surface area contributed by atoms with Crippen molar-refractivity contribution in [3.63, 3.8) is 0 Å². The zero-order valence-corrected chi connectivity index (χ0v) is 30.0. The van der Waals surface area contributed by atoms with Crippen molar-refractivity contribution < 1.29 is 38.4 Å². The van der Waals surface area contributed by atoms with Gasteiger partial charge >= 0.3 is 5.97 Å². The van der Waals surface area contributed by atoms with E-state index in [0.29, 0.717) is 44.0 Å². The van der Waals surface area contributed by atoms with Crippen molar-refractivity contribution >= 4 is 30.2 Å². The Morgan fingerprint density at radius 3 is 1.65 bits per heavy atom. The highest BCUT2D eigenvalue weighted by Crippen LogP contribution is 2.48. The van der Waals surface area contributed by atoms with Gasteiger partial charge in [-0.05, 0) is 75.6 Å². The van der Waals surface area contributed by atoms with Crippen molar-refractivity contribution in [2.75, 3.05) is 41.5 Å². The van der Waals surface area contributed by atoms with Crippen LogP contribution in [0.15, 0.2) is 36.4 Å². The highest BCUT2D eigenvalue weighted by atomic mass is 35.5. The number of ether oxygens (including phenoxy) is 4. The number of halogens is 1. The van der Waals surface area contributed by atoms with E-state index in [1.807, 2.05) is 46.2 Å². The first-order chi connectivity index (χ1) is 23.1. The summed E-state index contributed by atoms with van der Waals surface area (Å²) in [6.45, 7) is 2.54. The summed E-state index contributed by atoms with van der Waals surface area (Å²) in [5, 5.41) is 9.33. The Kier molecular flexibility index (Phi) is 12.7. The van der Waals surface area contributed by atoms with Crippen LogP contribution in [-0.4, -0.2) is 80.3 Å². The molecular formula is C37H52ClN3O8. The smallest absolute Gasteiger partial charge is 0.306 e. The summed E-state index contributed by atoms with van der Waals surface area (Å²) in [7, 11) is 6.48. The topological polar surface area (TPSA) is 141 Å². The maximum absolute atomic E-state index is 13.0. The van der Waals surface area contributed by atoms with Gasteiger partial charge in [0.25, 0.3) is 0 Å². The Hall–Kier alpha value is -3.70. The molecule has 6 rings (SSSR count). The summed E-state index contributed by atoms with van der Waals surface area (Å²) in [5.41, 5.74) is 7.37. The van der Waals surface area contributed by atoms with Crippen LogP contribution in [0.1, 0.15) is 75.3 Å². The first kappa shape index (κ1) is 38.1. The second-order valence-electron chi connectivity index (χ2n) is 13.9. The number of likely N-dealkylation sites (tertiary alicyclic amines) is 2. The quantitative estimate of drug-likeness (QED) is 0.350. The van der Waals surface area contributed by atoms with Crippen LogP contribution in [0.5, 0.6) is 23.0 Å². The standard InChI is InChI=1S/C19H25NO5.C18H26N2O3.ClH/c1-24-15-6-5-14(16(10-15)25-2)12-20-9-8-19(18(20)23)7-3-4-13(11-19)17(21)22;1-22-15-6-5-13(16(10-15)23-2)12-20-9-8-18(17(20)21)7-3-4-14(19)11-18;/h5-6,10,13H,3-4,7-9,11-12H2,1-2H3,(H,21,22);5-6,10,14H,3-4,7-9,11-12,19H2,1-2H3;1H/t13-,19-;14-,18-;/m00./s1. The molecule has 2 aromatic carbocycles. The zero-order chi connectivity index (χ0) is 34.5. The lowest BCUT2D eigenvalue weighted by atomic mass is 9.68. The highest BCUT2D eigenvalue weighted by Gasteiger charge is 2.50. The van der Waals surface area contributed by atoms with Crippen LogP contribution >= 0.6 is 12.4 Å². The fourth-order valence-electron chi connectivity index (χ4n) is 8.29. The van der Waals surface area contributed by atoms with E-state index < -0.39 is 17.3 Å². The van der Waals surface area contributed by atoms with E-state index in [-0.39, 0.29) is 35.7 Å². The number of methoxy groups -OCH3 is 4. The highest BCUT2D eigenvalue weighted by molar-refractivity contribution is 5.86. The Morgan fingerprint density at radius 2 is 1.22 bits per heavy atom. The number of rotatable bonds is 9. The van der Waals surface area contributed by atoms with Gasteiger partial charge in [0.2, 0.25) is 11.8 Å². The molecule has 4 aliphatic rings. The lowest BCUT2D eigenvalue weighted by Crippen LogP contribution is -2.42. The van der Waals surface area contributed by atoms with Crippen molar-refractivity contribution in [1.82, 2.24) is 9.80 Å². The summed E-state index contributed by atoms with van der Waals surface area (Å²) in [6, 6.07) is 11.5. The molecule has 270 valence electrons. The van der Waals surface area contributed by atoms with E-state index in [1.165, 1.54) is 0 Å². The van der Waals surface area contributed by atoms with Gasteiger partial charge in [0, 0.05) is 55.5 Å². The third kappa shape index (κ3) is 8.20. The minimum atomic E-state index is -0.776. The lowest BCUT2D eigenvalue weighted by Gasteiger charge is -2.35. The summed E-state index contributed by atoms with van der Waals surface area (Å²) < 4.78 is 21.3. The third-order valence-electron chi connectivity index (χ3n) is 11.0. The van der Waals surface area contributed by atoms with E-state index in [4.69, 9.17) is 24.7 Å². The number of aliphatic carboxylic acids is 1. The molecule has 2 aliphatic carbocycles. The van der Waals surface area contributed by atoms with Gasteiger partial charge in [-0.2, -0.15) is 0 Å². The first-order valence-electron chi connectivity index (χ1n) is 17.1. The number of carboxylic acids is 1. The van der Waals surface area contributed by atoms with E-state index in [2.05, 4.69) is 0 Å². The van der Waals surface area contributed by atoms with E-state index in [0.717, 1.165) is 80.5 Å². The summed E-state index contributed by atoms with van der Waals surface area (Å²) in [6.07, 6.45) is 8.35. The van der Waals surface area contributed by atoms with E-state index in [9.17, 15) is 19.5 Å². The zero-order valence-electron chi connectivity index (χ0n) is 29.2. The monoisotopic (exact) mass is 701 g/mol. The summed E-state index contributed by atoms with van der Waals surface area (Å²) in [5.74, 6) is 2.12. The average Bonchev–Trinajstić information content (AvgIpc) is 3.55. The number of nitrogens with two attached hydrogens (primary N) is 1. The van der Waals surface area contributed by atoms with Crippen LogP contribution in [0.4, 0.5) is 0 Å². The molecule has 49 heavy (non-hydrogen) atoms. The van der Waals surface area contributed by atoms with E-state index in [1.54, 1.807) is 28.4 Å². The second kappa shape index (κ2) is 16.3. The number of carboxylic acid groups (broad SMARTS) is 1. The van der Waals surface area contributed by atoms with Gasteiger partial charge in [-0.15, -0.1) is 12.4 Å². The molecular weight excluding hydrogens is 650 g/mol. The molecule has 2 amide bonds. The predicted molar refractivity (Wildman–Crippen MR) is 187 cm³/mol. The van der Waals surface area contributed by atoms with Crippen LogP contribution < -0.4 is 24.7 Å². The molecule has 2 aliphatic heterocycles. The van der Waals surface area contributed by atoms with Crippen molar-refractivity contribution in [2.45, 2.75) is 83.3 Å². The van der Waals surface area contributed by atoms with Gasteiger partial charge in [0.15, 0.2) is 0 Å². The van der Waals surface area contributed by atoms with Gasteiger partial charge in [-0.25, -0.2) is 0 Å². The summed E-state index contributed by atoms with van der Waals surface area (Å²) in [4.78, 5) is 41.2. The van der Waals surface area contributed by atoms with Crippen LogP contribution in [0.3, 0.4) is 0 Å². The number of carbonyl (C=O) groups is 3. The predicted octanol–water partition coefficient (Wildman–Crippen LogP) is 5.44. The minimum Gasteiger partial charge on any atom is -0.497 e. The van der Waals surface area contributed by atoms with Crippen LogP contribution in [0.2, 0.25) is 0 Å². The number of amides is 2. The molecule has 0 radical (unpaired) electrons. The molecule has 2 saturated carbocycles. The van der Waals surface area contributed by atoms with Gasteiger partial charge in [0.05, 0.1) is 45.2 Å². The van der Waals surface area contributed by atoms with Gasteiger partial charge in [0.1, 0.15) is 23.0 Å². The molecule has 0 aromatic heterocycles. The Bertz CT molecular complexity index is 1490. The van der Waals surface area contributed by atoms with Crippen LogP contribution in [0, 0.1) is 16.7 Å². The molecule has 11 nitrogen and oxygen atoms in total. The molecule has 12 heteroatoms. The average molecular weight is 702 g/mol. The third-order valence-corrected chi connectivity index (χ3v) is 11.0. The second-order valence-corrected chi connectivity index (χ2v) is 13.9. The molecule has 2 spiro atoms. The van der Waals surface area contributed by atoms with Gasteiger partial charge < -0.3 is 39.6 Å². The number of benzene rings is 2. The number of hydrogen-bond donors (Lipinski definition) is 2. The molecule has 4 fully saturated rings. The normalized spacial score (nSPS) is 26.2. The molecule has 4 atom stereocenters. The van der Waals surface area contributed by atoms with Crippen molar-refractivity contribution in [1.29, 1.82) is 0 Å². The van der Waals surface area contributed by atoms with Crippen LogP contribution in [-0.2, 0) is 27.5 Å². The largest absolute Gasteiger partial charge is 0.497 e. The Labute approximate surface area is 295 Å². The molecule has 0 unspecified atom stereocenters. The Morgan fingerprint density at radius 1 is 0.755 bits per heavy atom. The molecule has 2 saturated heterocycles. The number of carbonyl (C=O) groups excluding carboxylic acids is 2. The molecule has 2 heterocycles. The van der Waals surface area contributed by atoms with Crippen molar-refractivity contribution in [3.05, 3.63) is 47.5 Å². The molecule has 2 aromatic rings. The fourth-order valence-corrected chi connectivity index (χ4v) is 8.29. The molecule has 0 bridgehead atoms. The van der Waals surface area contributed by atoms with Gasteiger partial charge in [-0.1, -0.05) is 12.8 Å². The minimum absolute atomic E-state index is 0. The lowest BCUT2D eigenvalue weighted by molar-refractivity contribution is -0.147.